The summed E-state index contributed by atoms with van der Waals surface area (Å²) in [6.07, 6.45) is 3.46. The Hall–Kier alpha value is -1.44. The van der Waals surface area contributed by atoms with E-state index in [1.807, 2.05) is 7.05 Å². The second-order valence-electron chi connectivity index (χ2n) is 5.96. The summed E-state index contributed by atoms with van der Waals surface area (Å²) >= 11 is 0. The quantitative estimate of drug-likeness (QED) is 0.834. The van der Waals surface area contributed by atoms with Crippen LogP contribution in [0.1, 0.15) is 6.92 Å². The van der Waals surface area contributed by atoms with Gasteiger partial charge in [-0.05, 0) is 6.92 Å². The molecule has 0 spiro atoms. The Morgan fingerprint density at radius 3 is 3.10 bits per heavy atom. The number of morpholine rings is 1. The van der Waals surface area contributed by atoms with Gasteiger partial charge in [-0.2, -0.15) is 5.10 Å². The number of anilines is 1. The Kier molecular flexibility index (Phi) is 4.23. The number of rotatable bonds is 3. The van der Waals surface area contributed by atoms with Crippen molar-refractivity contribution >= 4 is 11.6 Å². The third-order valence-electron chi connectivity index (χ3n) is 4.20. The topological polar surface area (TPSA) is 62.6 Å². The zero-order chi connectivity index (χ0) is 14.8. The van der Waals surface area contributed by atoms with Crippen LogP contribution in [-0.4, -0.2) is 77.0 Å². The average molecular weight is 293 g/mol. The van der Waals surface area contributed by atoms with Crippen LogP contribution >= 0.6 is 0 Å². The summed E-state index contributed by atoms with van der Waals surface area (Å²) in [7, 11) is 1.83. The number of fused-ring (bicyclic) bond motifs is 1. The van der Waals surface area contributed by atoms with E-state index < -0.39 is 0 Å². The summed E-state index contributed by atoms with van der Waals surface area (Å²) in [6.45, 7) is 7.05. The fourth-order valence-electron chi connectivity index (χ4n) is 3.17. The first-order valence-corrected chi connectivity index (χ1v) is 7.46. The summed E-state index contributed by atoms with van der Waals surface area (Å²) in [5.74, 6) is 0.0150. The zero-order valence-electron chi connectivity index (χ0n) is 12.7. The lowest BCUT2D eigenvalue weighted by atomic mass is 10.1. The van der Waals surface area contributed by atoms with Crippen molar-refractivity contribution in [2.45, 2.75) is 19.0 Å². The smallest absolute Gasteiger partial charge is 0.238 e. The number of piperazine rings is 1. The normalized spacial score (nSPS) is 27.3. The molecule has 0 aliphatic carbocycles. The van der Waals surface area contributed by atoms with E-state index in [2.05, 4.69) is 27.1 Å². The maximum atomic E-state index is 12.1. The Morgan fingerprint density at radius 2 is 2.33 bits per heavy atom. The Labute approximate surface area is 124 Å². The number of hydrogen-bond acceptors (Lipinski definition) is 5. The van der Waals surface area contributed by atoms with Gasteiger partial charge in [0.05, 0.1) is 31.6 Å². The molecule has 1 amide bonds. The molecule has 0 unspecified atom stereocenters. The van der Waals surface area contributed by atoms with Crippen molar-refractivity contribution in [1.82, 2.24) is 19.6 Å². The van der Waals surface area contributed by atoms with Gasteiger partial charge in [0.25, 0.3) is 0 Å². The molecule has 21 heavy (non-hydrogen) atoms. The Balaban J connectivity index is 1.50. The molecule has 3 rings (SSSR count). The van der Waals surface area contributed by atoms with Crippen molar-refractivity contribution in [2.24, 2.45) is 7.05 Å². The summed E-state index contributed by atoms with van der Waals surface area (Å²) in [6, 6.07) is 0.892. The van der Waals surface area contributed by atoms with Crippen LogP contribution in [0.2, 0.25) is 0 Å². The predicted molar refractivity (Wildman–Crippen MR) is 79.1 cm³/mol. The lowest BCUT2D eigenvalue weighted by molar-refractivity contribution is -0.120. The van der Waals surface area contributed by atoms with Crippen LogP contribution in [0, 0.1) is 0 Å². The summed E-state index contributed by atoms with van der Waals surface area (Å²) < 4.78 is 7.30. The maximum absolute atomic E-state index is 12.1. The molecule has 0 saturated carbocycles. The minimum atomic E-state index is 0.0150. The highest BCUT2D eigenvalue weighted by molar-refractivity contribution is 5.91. The first-order chi connectivity index (χ1) is 10.1. The van der Waals surface area contributed by atoms with Crippen molar-refractivity contribution in [1.29, 1.82) is 0 Å². The summed E-state index contributed by atoms with van der Waals surface area (Å²) in [4.78, 5) is 16.8. The number of carbonyl (C=O) groups is 1. The van der Waals surface area contributed by atoms with Gasteiger partial charge in [-0.1, -0.05) is 0 Å². The fraction of sp³-hybridized carbons (Fsp3) is 0.714. The monoisotopic (exact) mass is 293 g/mol. The van der Waals surface area contributed by atoms with Gasteiger partial charge in [0.1, 0.15) is 0 Å². The van der Waals surface area contributed by atoms with Gasteiger partial charge in [0, 0.05) is 45.0 Å². The highest BCUT2D eigenvalue weighted by atomic mass is 16.5. The minimum Gasteiger partial charge on any atom is -0.378 e. The molecule has 2 fully saturated rings. The van der Waals surface area contributed by atoms with Crippen LogP contribution in [0.3, 0.4) is 0 Å². The van der Waals surface area contributed by atoms with Crippen LogP contribution in [-0.2, 0) is 16.6 Å². The number of ether oxygens (including phenoxy) is 1. The lowest BCUT2D eigenvalue weighted by Gasteiger charge is -2.46. The van der Waals surface area contributed by atoms with E-state index in [0.717, 1.165) is 38.5 Å². The molecule has 7 nitrogen and oxygen atoms in total. The number of nitrogens with zero attached hydrogens (tertiary/aromatic N) is 4. The largest absolute Gasteiger partial charge is 0.378 e. The van der Waals surface area contributed by atoms with Crippen LogP contribution < -0.4 is 5.32 Å². The average Bonchev–Trinajstić information content (AvgIpc) is 2.84. The van der Waals surface area contributed by atoms with E-state index >= 15 is 0 Å². The molecule has 2 saturated heterocycles. The molecular formula is C14H23N5O2. The second-order valence-corrected chi connectivity index (χ2v) is 5.96. The zero-order valence-corrected chi connectivity index (χ0v) is 12.7. The third-order valence-corrected chi connectivity index (χ3v) is 4.20. The van der Waals surface area contributed by atoms with Crippen molar-refractivity contribution in [3.63, 3.8) is 0 Å². The first kappa shape index (κ1) is 14.5. The van der Waals surface area contributed by atoms with E-state index in [1.54, 1.807) is 17.1 Å². The number of nitrogens with one attached hydrogen (secondary N) is 1. The molecule has 2 atom stereocenters. The van der Waals surface area contributed by atoms with E-state index in [9.17, 15) is 4.79 Å². The van der Waals surface area contributed by atoms with Crippen molar-refractivity contribution < 1.29 is 9.53 Å². The predicted octanol–water partition coefficient (Wildman–Crippen LogP) is -0.236. The van der Waals surface area contributed by atoms with Gasteiger partial charge < -0.3 is 10.1 Å². The van der Waals surface area contributed by atoms with Gasteiger partial charge in [0.15, 0.2) is 0 Å². The third kappa shape index (κ3) is 3.42. The second kappa shape index (κ2) is 6.13. The van der Waals surface area contributed by atoms with Gasteiger partial charge in [-0.25, -0.2) is 0 Å². The molecule has 0 aromatic carbocycles. The van der Waals surface area contributed by atoms with Gasteiger partial charge >= 0.3 is 0 Å². The van der Waals surface area contributed by atoms with E-state index in [4.69, 9.17) is 4.74 Å². The van der Waals surface area contributed by atoms with Crippen LogP contribution in [0.4, 0.5) is 5.69 Å². The molecule has 3 heterocycles. The molecule has 1 aromatic rings. The van der Waals surface area contributed by atoms with Crippen LogP contribution in [0.25, 0.3) is 0 Å². The molecule has 2 aliphatic heterocycles. The number of carbonyl (C=O) groups excluding carboxylic acids is 1. The first-order valence-electron chi connectivity index (χ1n) is 7.46. The lowest BCUT2D eigenvalue weighted by Crippen LogP contribution is -2.61. The molecule has 0 radical (unpaired) electrons. The molecule has 1 aromatic heterocycles. The SMILES string of the molecule is C[C@H]1COC[C@H]2CN(CC(=O)Nc3cnn(C)c3)CCN21. The van der Waals surface area contributed by atoms with E-state index in [0.29, 0.717) is 18.6 Å². The number of aryl methyl sites for hydroxylation is 1. The fourth-order valence-corrected chi connectivity index (χ4v) is 3.17. The van der Waals surface area contributed by atoms with Gasteiger partial charge in [-0.15, -0.1) is 0 Å². The molecule has 2 aliphatic rings. The van der Waals surface area contributed by atoms with Crippen LogP contribution in [0.5, 0.6) is 0 Å². The van der Waals surface area contributed by atoms with E-state index in [-0.39, 0.29) is 5.91 Å². The maximum Gasteiger partial charge on any atom is 0.238 e. The minimum absolute atomic E-state index is 0.0150. The highest BCUT2D eigenvalue weighted by Crippen LogP contribution is 2.18. The Morgan fingerprint density at radius 1 is 1.48 bits per heavy atom. The van der Waals surface area contributed by atoms with Gasteiger partial charge in [0.2, 0.25) is 5.91 Å². The summed E-state index contributed by atoms with van der Waals surface area (Å²) in [5.41, 5.74) is 0.746. The number of aromatic nitrogens is 2. The van der Waals surface area contributed by atoms with Crippen molar-refractivity contribution in [2.75, 3.05) is 44.7 Å². The van der Waals surface area contributed by atoms with Gasteiger partial charge in [-0.3, -0.25) is 19.3 Å². The number of amides is 1. The Bertz CT molecular complexity index is 503. The summed E-state index contributed by atoms with van der Waals surface area (Å²) in [5, 5.41) is 6.93. The molecule has 116 valence electrons. The molecule has 1 N–H and O–H groups in total. The molecule has 7 heteroatoms. The standard InChI is InChI=1S/C14H23N5O2/c1-11-9-21-10-13-7-18(3-4-19(11)13)8-14(20)16-12-5-15-17(2)6-12/h5-6,11,13H,3-4,7-10H2,1-2H3,(H,16,20)/t11-,13+/m0/s1. The van der Waals surface area contributed by atoms with Crippen LogP contribution in [0.15, 0.2) is 12.4 Å². The van der Waals surface area contributed by atoms with Crippen molar-refractivity contribution in [3.8, 4) is 0 Å². The highest BCUT2D eigenvalue weighted by Gasteiger charge is 2.33. The molecule has 0 bridgehead atoms. The van der Waals surface area contributed by atoms with E-state index in [1.165, 1.54) is 0 Å². The van der Waals surface area contributed by atoms with Crippen molar-refractivity contribution in [3.05, 3.63) is 12.4 Å². The molecular weight excluding hydrogens is 270 g/mol. The number of hydrogen-bond donors (Lipinski definition) is 1.